The second-order valence-electron chi connectivity index (χ2n) is 4.78. The Labute approximate surface area is 108 Å². The number of nitrogens with one attached hydrogen (secondary N) is 1. The second-order valence-corrected chi connectivity index (χ2v) is 7.83. The monoisotopic (exact) mass is 281 g/mol. The number of sulfone groups is 1. The molecular weight excluding hydrogens is 262 g/mol. The van der Waals surface area contributed by atoms with Crippen molar-refractivity contribution in [2.75, 3.05) is 5.75 Å². The molecule has 0 spiro atoms. The van der Waals surface area contributed by atoms with E-state index in [0.29, 0.717) is 19.3 Å². The smallest absolute Gasteiger partial charge is 0.238 e. The van der Waals surface area contributed by atoms with Gasteiger partial charge in [-0.3, -0.25) is 4.79 Å². The van der Waals surface area contributed by atoms with Gasteiger partial charge in [0.05, 0.1) is 5.75 Å². The van der Waals surface area contributed by atoms with Crippen molar-refractivity contribution in [2.24, 2.45) is 0 Å². The average molecular weight is 282 g/mol. The molecule has 0 saturated carbocycles. The lowest BCUT2D eigenvalue weighted by molar-refractivity contribution is -0.121. The average Bonchev–Trinajstić information content (AvgIpc) is 2.14. The van der Waals surface area contributed by atoms with E-state index in [4.69, 9.17) is 11.6 Å². The van der Waals surface area contributed by atoms with Crippen molar-refractivity contribution in [3.05, 3.63) is 0 Å². The van der Waals surface area contributed by atoms with Gasteiger partial charge in [0.2, 0.25) is 5.91 Å². The predicted molar refractivity (Wildman–Crippen MR) is 69.0 cm³/mol. The lowest BCUT2D eigenvalue weighted by Gasteiger charge is -2.23. The minimum Gasteiger partial charge on any atom is -0.352 e. The maximum absolute atomic E-state index is 11.9. The van der Waals surface area contributed by atoms with Crippen molar-refractivity contribution >= 4 is 27.3 Å². The molecular formula is C11H20ClNO3S. The van der Waals surface area contributed by atoms with E-state index in [-0.39, 0.29) is 23.1 Å². The first-order valence-electron chi connectivity index (χ1n) is 5.99. The molecule has 1 amide bonds. The Morgan fingerprint density at radius 3 is 2.59 bits per heavy atom. The predicted octanol–water partition coefficient (Wildman–Crippen LogP) is 1.48. The van der Waals surface area contributed by atoms with E-state index >= 15 is 0 Å². The van der Waals surface area contributed by atoms with Crippen molar-refractivity contribution in [3.8, 4) is 0 Å². The molecule has 1 rings (SSSR count). The molecule has 3 atom stereocenters. The van der Waals surface area contributed by atoms with Crippen LogP contribution in [-0.4, -0.2) is 36.7 Å². The van der Waals surface area contributed by atoms with Gasteiger partial charge in [0.1, 0.15) is 5.25 Å². The molecule has 1 aliphatic rings. The first-order chi connectivity index (χ1) is 7.83. The quantitative estimate of drug-likeness (QED) is 0.794. The molecule has 0 bridgehead atoms. The van der Waals surface area contributed by atoms with Crippen LogP contribution < -0.4 is 5.32 Å². The highest BCUT2D eigenvalue weighted by Crippen LogP contribution is 2.20. The van der Waals surface area contributed by atoms with E-state index in [1.165, 1.54) is 0 Å². The van der Waals surface area contributed by atoms with E-state index in [9.17, 15) is 13.2 Å². The van der Waals surface area contributed by atoms with Crippen LogP contribution in [0.1, 0.15) is 39.5 Å². The molecule has 17 heavy (non-hydrogen) atoms. The first-order valence-corrected chi connectivity index (χ1v) is 8.14. The largest absolute Gasteiger partial charge is 0.352 e. The Morgan fingerprint density at radius 2 is 2.06 bits per heavy atom. The number of carbonyl (C=O) groups excluding carboxylic acids is 1. The Morgan fingerprint density at radius 1 is 1.41 bits per heavy atom. The number of rotatable bonds is 4. The molecule has 0 aromatic rings. The van der Waals surface area contributed by atoms with Crippen LogP contribution in [-0.2, 0) is 14.6 Å². The van der Waals surface area contributed by atoms with Crippen LogP contribution in [0.4, 0.5) is 0 Å². The fraction of sp³-hybridized carbons (Fsp3) is 0.909. The zero-order valence-electron chi connectivity index (χ0n) is 10.3. The lowest BCUT2D eigenvalue weighted by atomic mass is 10.1. The summed E-state index contributed by atoms with van der Waals surface area (Å²) < 4.78 is 23.5. The summed E-state index contributed by atoms with van der Waals surface area (Å²) in [5.41, 5.74) is 0. The maximum Gasteiger partial charge on any atom is 0.238 e. The summed E-state index contributed by atoms with van der Waals surface area (Å²) in [6, 6.07) is -0.0906. The van der Waals surface area contributed by atoms with Gasteiger partial charge in [0.15, 0.2) is 9.84 Å². The number of carbonyl (C=O) groups is 1. The van der Waals surface area contributed by atoms with Gasteiger partial charge in [-0.1, -0.05) is 6.42 Å². The number of hydrogen-bond donors (Lipinski definition) is 1. The van der Waals surface area contributed by atoms with E-state index in [1.54, 1.807) is 0 Å². The van der Waals surface area contributed by atoms with Crippen LogP contribution in [0.3, 0.4) is 0 Å². The molecule has 0 aromatic heterocycles. The van der Waals surface area contributed by atoms with Crippen LogP contribution in [0.15, 0.2) is 0 Å². The lowest BCUT2D eigenvalue weighted by Crippen LogP contribution is -2.46. The van der Waals surface area contributed by atoms with Gasteiger partial charge < -0.3 is 5.32 Å². The number of amides is 1. The zero-order chi connectivity index (χ0) is 13.1. The number of alkyl halides is 1. The molecule has 1 heterocycles. The summed E-state index contributed by atoms with van der Waals surface area (Å²) in [7, 11) is -3.24. The molecule has 1 saturated heterocycles. The molecule has 0 aliphatic carbocycles. The summed E-state index contributed by atoms with van der Waals surface area (Å²) in [4.78, 5) is 11.9. The van der Waals surface area contributed by atoms with Gasteiger partial charge in [0.25, 0.3) is 0 Å². The zero-order valence-corrected chi connectivity index (χ0v) is 11.9. The highest BCUT2D eigenvalue weighted by molar-refractivity contribution is 7.92. The maximum atomic E-state index is 11.9. The molecule has 0 aromatic carbocycles. The highest BCUT2D eigenvalue weighted by atomic mass is 35.5. The Kier molecular flexibility index (Phi) is 5.25. The van der Waals surface area contributed by atoms with E-state index < -0.39 is 15.1 Å². The standard InChI is InChI=1S/C11H20ClNO3S/c1-8(12)7-9(2)13-11(14)10-5-3-4-6-17(10,15)16/h8-10H,3-7H2,1-2H3,(H,13,14). The normalized spacial score (nSPS) is 27.1. The van der Waals surface area contributed by atoms with Crippen molar-refractivity contribution < 1.29 is 13.2 Å². The molecule has 6 heteroatoms. The fourth-order valence-corrected chi connectivity index (χ4v) is 4.21. The Hall–Kier alpha value is -0.290. The van der Waals surface area contributed by atoms with Gasteiger partial charge in [-0.2, -0.15) is 0 Å². The second kappa shape index (κ2) is 6.05. The molecule has 1 fully saturated rings. The molecule has 4 nitrogen and oxygen atoms in total. The minimum atomic E-state index is -3.24. The number of halogens is 1. The highest BCUT2D eigenvalue weighted by Gasteiger charge is 2.35. The van der Waals surface area contributed by atoms with Crippen LogP contribution in [0, 0.1) is 0 Å². The Balaban J connectivity index is 2.57. The molecule has 3 unspecified atom stereocenters. The van der Waals surface area contributed by atoms with E-state index in [0.717, 1.165) is 6.42 Å². The summed E-state index contributed by atoms with van der Waals surface area (Å²) >= 11 is 5.83. The van der Waals surface area contributed by atoms with Crippen molar-refractivity contribution in [1.29, 1.82) is 0 Å². The van der Waals surface area contributed by atoms with Crippen LogP contribution in [0.5, 0.6) is 0 Å². The third kappa shape index (κ3) is 4.47. The van der Waals surface area contributed by atoms with Gasteiger partial charge in [-0.15, -0.1) is 11.6 Å². The van der Waals surface area contributed by atoms with Gasteiger partial charge >= 0.3 is 0 Å². The summed E-state index contributed by atoms with van der Waals surface area (Å²) in [5.74, 6) is -0.236. The summed E-state index contributed by atoms with van der Waals surface area (Å²) in [5, 5.41) is 1.84. The third-order valence-corrected chi connectivity index (χ3v) is 5.29. The summed E-state index contributed by atoms with van der Waals surface area (Å²) in [6.07, 6.45) is 2.55. The van der Waals surface area contributed by atoms with Gasteiger partial charge in [-0.05, 0) is 33.1 Å². The SMILES string of the molecule is CC(Cl)CC(C)NC(=O)C1CCCCS1(=O)=O. The van der Waals surface area contributed by atoms with E-state index in [2.05, 4.69) is 5.32 Å². The van der Waals surface area contributed by atoms with Crippen LogP contribution in [0.2, 0.25) is 0 Å². The Bertz CT molecular complexity index is 367. The van der Waals surface area contributed by atoms with Crippen LogP contribution in [0.25, 0.3) is 0 Å². The molecule has 1 N–H and O–H groups in total. The van der Waals surface area contributed by atoms with Crippen LogP contribution >= 0.6 is 11.6 Å². The third-order valence-electron chi connectivity index (χ3n) is 2.94. The molecule has 1 aliphatic heterocycles. The van der Waals surface area contributed by atoms with E-state index in [1.807, 2.05) is 13.8 Å². The summed E-state index contributed by atoms with van der Waals surface area (Å²) in [6.45, 7) is 3.69. The fourth-order valence-electron chi connectivity index (χ4n) is 2.13. The van der Waals surface area contributed by atoms with Crippen molar-refractivity contribution in [1.82, 2.24) is 5.32 Å². The molecule has 0 radical (unpaired) electrons. The molecule has 100 valence electrons. The van der Waals surface area contributed by atoms with Crippen molar-refractivity contribution in [3.63, 3.8) is 0 Å². The number of hydrogen-bond acceptors (Lipinski definition) is 3. The minimum absolute atomic E-state index is 0.0340. The topological polar surface area (TPSA) is 63.2 Å². The first kappa shape index (κ1) is 14.8. The van der Waals surface area contributed by atoms with Gasteiger partial charge in [-0.25, -0.2) is 8.42 Å². The van der Waals surface area contributed by atoms with Gasteiger partial charge in [0, 0.05) is 11.4 Å². The van der Waals surface area contributed by atoms with Crippen molar-refractivity contribution in [2.45, 2.75) is 56.2 Å².